The molecule has 7 heteroatoms. The zero-order valence-electron chi connectivity index (χ0n) is 10.2. The number of hydrogen-bond acceptors (Lipinski definition) is 3. The molecule has 0 radical (unpaired) electrons. The third-order valence-corrected chi connectivity index (χ3v) is 3.34. The summed E-state index contributed by atoms with van der Waals surface area (Å²) in [5.74, 6) is 1.52. The predicted octanol–water partition coefficient (Wildman–Crippen LogP) is 2.32. The molecule has 0 aromatic rings. The van der Waals surface area contributed by atoms with Crippen molar-refractivity contribution >= 4 is 0 Å². The molecule has 1 rings (SSSR count). The fourth-order valence-electron chi connectivity index (χ4n) is 2.24. The Morgan fingerprint density at radius 3 is 2.33 bits per heavy atom. The molecular weight excluding hydrogens is 252 g/mol. The summed E-state index contributed by atoms with van der Waals surface area (Å²) in [6, 6.07) is -0.251. The fraction of sp³-hybridized carbons (Fsp3) is 1.00. The van der Waals surface area contributed by atoms with E-state index in [9.17, 15) is 17.6 Å². The average molecular weight is 272 g/mol. The molecule has 1 atom stereocenters. The van der Waals surface area contributed by atoms with Crippen LogP contribution in [0.2, 0.25) is 0 Å². The van der Waals surface area contributed by atoms with Gasteiger partial charge in [-0.3, -0.25) is 11.3 Å². The van der Waals surface area contributed by atoms with Crippen LogP contribution >= 0.6 is 0 Å². The maximum Gasteiger partial charge on any atom is 0.330 e. The van der Waals surface area contributed by atoms with Crippen LogP contribution in [0.15, 0.2) is 0 Å². The Bertz CT molecular complexity index is 235. The van der Waals surface area contributed by atoms with Gasteiger partial charge in [0.15, 0.2) is 0 Å². The highest BCUT2D eigenvalue weighted by atomic mass is 19.3. The molecule has 0 saturated heterocycles. The Morgan fingerprint density at radius 1 is 1.22 bits per heavy atom. The van der Waals surface area contributed by atoms with Gasteiger partial charge in [-0.2, -0.15) is 8.78 Å². The number of halogens is 4. The fourth-order valence-corrected chi connectivity index (χ4v) is 2.24. The summed E-state index contributed by atoms with van der Waals surface area (Å²) in [6.07, 6.45) is 1.55. The summed E-state index contributed by atoms with van der Waals surface area (Å²) in [7, 11) is 0. The Morgan fingerprint density at radius 2 is 1.83 bits per heavy atom. The van der Waals surface area contributed by atoms with Gasteiger partial charge in [0.2, 0.25) is 0 Å². The number of nitrogens with one attached hydrogen (secondary N) is 1. The molecule has 3 N–H and O–H groups in total. The number of ether oxygens (including phenoxy) is 1. The zero-order chi connectivity index (χ0) is 13.6. The smallest absolute Gasteiger partial charge is 0.330 e. The number of hydrogen-bond donors (Lipinski definition) is 2. The van der Waals surface area contributed by atoms with Crippen LogP contribution in [-0.2, 0) is 4.74 Å². The normalized spacial score (nSPS) is 20.3. The first-order valence-electron chi connectivity index (χ1n) is 6.17. The summed E-state index contributed by atoms with van der Waals surface area (Å²) >= 11 is 0. The minimum absolute atomic E-state index is 0.0660. The number of nitrogens with two attached hydrogens (primary N) is 1. The quantitative estimate of drug-likeness (QED) is 0.425. The molecule has 0 amide bonds. The molecule has 0 bridgehead atoms. The van der Waals surface area contributed by atoms with Gasteiger partial charge in [-0.25, -0.2) is 8.78 Å². The first-order chi connectivity index (χ1) is 8.47. The van der Waals surface area contributed by atoms with Crippen molar-refractivity contribution in [2.24, 2.45) is 11.8 Å². The van der Waals surface area contributed by atoms with Gasteiger partial charge in [-0.15, -0.1) is 0 Å². The molecule has 0 aromatic carbocycles. The lowest BCUT2D eigenvalue weighted by Crippen LogP contribution is -2.46. The van der Waals surface area contributed by atoms with Crippen molar-refractivity contribution in [3.8, 4) is 0 Å². The maximum atomic E-state index is 12.6. The van der Waals surface area contributed by atoms with E-state index in [2.05, 4.69) is 5.43 Å². The number of hydrazine groups is 1. The zero-order valence-corrected chi connectivity index (χ0v) is 10.2. The molecule has 0 heterocycles. The van der Waals surface area contributed by atoms with Crippen molar-refractivity contribution < 1.29 is 22.3 Å². The monoisotopic (exact) mass is 272 g/mol. The van der Waals surface area contributed by atoms with Crippen LogP contribution in [0.1, 0.15) is 32.1 Å². The van der Waals surface area contributed by atoms with Gasteiger partial charge in [-0.05, 0) is 18.8 Å². The minimum atomic E-state index is -4.09. The van der Waals surface area contributed by atoms with Gasteiger partial charge in [0.05, 0.1) is 6.61 Å². The number of alkyl halides is 4. The second kappa shape index (κ2) is 7.25. The van der Waals surface area contributed by atoms with E-state index in [1.165, 1.54) is 0 Å². The number of rotatable bonds is 7. The standard InChI is InChI=1S/C11H20F4N2O/c12-10(13)11(14,15)7-18-6-9(17-16)8-4-2-1-3-5-8/h8-10,17H,1-7,16H2. The van der Waals surface area contributed by atoms with Crippen molar-refractivity contribution in [3.05, 3.63) is 0 Å². The van der Waals surface area contributed by atoms with E-state index in [0.29, 0.717) is 0 Å². The molecule has 18 heavy (non-hydrogen) atoms. The van der Waals surface area contributed by atoms with Gasteiger partial charge < -0.3 is 4.74 Å². The van der Waals surface area contributed by atoms with Gasteiger partial charge in [0.1, 0.15) is 6.61 Å². The summed E-state index contributed by atoms with van der Waals surface area (Å²) in [5, 5.41) is 0. The molecule has 3 nitrogen and oxygen atoms in total. The molecular formula is C11H20F4N2O. The van der Waals surface area contributed by atoms with Crippen molar-refractivity contribution in [1.82, 2.24) is 5.43 Å². The van der Waals surface area contributed by atoms with Gasteiger partial charge >= 0.3 is 12.3 Å². The van der Waals surface area contributed by atoms with Crippen LogP contribution in [0.3, 0.4) is 0 Å². The van der Waals surface area contributed by atoms with E-state index in [1.807, 2.05) is 0 Å². The van der Waals surface area contributed by atoms with E-state index >= 15 is 0 Å². The SMILES string of the molecule is NNC(COCC(F)(F)C(F)F)C1CCCCC1. The largest absolute Gasteiger partial charge is 0.373 e. The second-order valence-electron chi connectivity index (χ2n) is 4.75. The molecule has 0 aromatic heterocycles. The van der Waals surface area contributed by atoms with E-state index in [0.717, 1.165) is 32.1 Å². The third-order valence-electron chi connectivity index (χ3n) is 3.34. The van der Waals surface area contributed by atoms with E-state index in [-0.39, 0.29) is 18.6 Å². The van der Waals surface area contributed by atoms with E-state index in [1.54, 1.807) is 0 Å². The Kier molecular flexibility index (Phi) is 6.31. The van der Waals surface area contributed by atoms with Gasteiger partial charge in [0.25, 0.3) is 0 Å². The highest BCUT2D eigenvalue weighted by Crippen LogP contribution is 2.27. The van der Waals surface area contributed by atoms with Gasteiger partial charge in [0, 0.05) is 6.04 Å². The Labute approximate surface area is 104 Å². The average Bonchev–Trinajstić information content (AvgIpc) is 2.35. The molecule has 108 valence electrons. The third kappa shape index (κ3) is 4.70. The van der Waals surface area contributed by atoms with Crippen LogP contribution < -0.4 is 11.3 Å². The lowest BCUT2D eigenvalue weighted by Gasteiger charge is -2.30. The lowest BCUT2D eigenvalue weighted by atomic mass is 9.84. The van der Waals surface area contributed by atoms with Crippen molar-refractivity contribution in [2.45, 2.75) is 50.5 Å². The lowest BCUT2D eigenvalue weighted by molar-refractivity contribution is -0.168. The van der Waals surface area contributed by atoms with Crippen LogP contribution in [0.4, 0.5) is 17.6 Å². The van der Waals surface area contributed by atoms with Crippen molar-refractivity contribution in [2.75, 3.05) is 13.2 Å². The first-order valence-corrected chi connectivity index (χ1v) is 6.17. The molecule has 1 saturated carbocycles. The summed E-state index contributed by atoms with van der Waals surface area (Å²) < 4.78 is 53.7. The van der Waals surface area contributed by atoms with Crippen LogP contribution in [0.5, 0.6) is 0 Å². The molecule has 1 aliphatic rings. The summed E-state index contributed by atoms with van der Waals surface area (Å²) in [4.78, 5) is 0. The molecule has 1 fully saturated rings. The summed E-state index contributed by atoms with van der Waals surface area (Å²) in [6.45, 7) is -1.33. The van der Waals surface area contributed by atoms with Crippen LogP contribution in [0, 0.1) is 5.92 Å². The minimum Gasteiger partial charge on any atom is -0.373 e. The van der Waals surface area contributed by atoms with E-state index in [4.69, 9.17) is 10.6 Å². The first kappa shape index (κ1) is 15.7. The predicted molar refractivity (Wildman–Crippen MR) is 59.5 cm³/mol. The second-order valence-corrected chi connectivity index (χ2v) is 4.75. The highest BCUT2D eigenvalue weighted by Gasteiger charge is 2.41. The highest BCUT2D eigenvalue weighted by molar-refractivity contribution is 4.78. The van der Waals surface area contributed by atoms with Crippen LogP contribution in [-0.4, -0.2) is 31.6 Å². The topological polar surface area (TPSA) is 47.3 Å². The van der Waals surface area contributed by atoms with Crippen molar-refractivity contribution in [3.63, 3.8) is 0 Å². The molecule has 1 unspecified atom stereocenters. The Balaban J connectivity index is 2.31. The van der Waals surface area contributed by atoms with Crippen LogP contribution in [0.25, 0.3) is 0 Å². The summed E-state index contributed by atoms with van der Waals surface area (Å²) in [5.41, 5.74) is 2.53. The molecule has 0 aliphatic heterocycles. The maximum absolute atomic E-state index is 12.6. The molecule has 1 aliphatic carbocycles. The molecule has 0 spiro atoms. The van der Waals surface area contributed by atoms with Gasteiger partial charge in [-0.1, -0.05) is 19.3 Å². The van der Waals surface area contributed by atoms with E-state index < -0.39 is 19.0 Å². The Hall–Kier alpha value is -0.400. The van der Waals surface area contributed by atoms with Crippen molar-refractivity contribution in [1.29, 1.82) is 0 Å².